The van der Waals surface area contributed by atoms with Gasteiger partial charge < -0.3 is 24.4 Å². The van der Waals surface area contributed by atoms with Gasteiger partial charge in [-0.1, -0.05) is 48.5 Å². The number of piperazine rings is 1. The highest BCUT2D eigenvalue weighted by molar-refractivity contribution is 5.46. The number of aliphatic hydroxyl groups is 1. The molecule has 0 aromatic heterocycles. The Morgan fingerprint density at radius 2 is 1.35 bits per heavy atom. The minimum atomic E-state index is -0.479. The van der Waals surface area contributed by atoms with Crippen molar-refractivity contribution < 1.29 is 19.5 Å². The first-order chi connectivity index (χ1) is 15.3. The number of hydrogen-bond donors (Lipinski definition) is 2. The van der Waals surface area contributed by atoms with E-state index in [1.807, 2.05) is 60.7 Å². The van der Waals surface area contributed by atoms with Crippen LogP contribution in [0.25, 0.3) is 0 Å². The quantitative estimate of drug-likeness (QED) is 0.559. The molecule has 0 saturated carbocycles. The standard InChI is InChI=1S/C26H30N2O3/c29-24(19-27-15-17-28(18-16-27)23-9-5-2-6-10-23)21-31-26-13-11-25(12-14-26)30-20-22-7-3-1-4-8-22/h1-14,24,29H,15-21H2/p+1/t24-/m1/s1. The molecular formula is C26H31N2O3+. The molecule has 1 saturated heterocycles. The van der Waals surface area contributed by atoms with Gasteiger partial charge in [-0.25, -0.2) is 0 Å². The Morgan fingerprint density at radius 1 is 0.774 bits per heavy atom. The second kappa shape index (κ2) is 10.8. The van der Waals surface area contributed by atoms with Crippen LogP contribution in [-0.4, -0.2) is 50.5 Å². The molecule has 1 atom stereocenters. The third-order valence-corrected chi connectivity index (χ3v) is 5.63. The molecule has 1 fully saturated rings. The number of benzene rings is 3. The van der Waals surface area contributed by atoms with Gasteiger partial charge in [0.15, 0.2) is 0 Å². The number of quaternary nitrogens is 1. The summed E-state index contributed by atoms with van der Waals surface area (Å²) in [6.45, 7) is 5.63. The van der Waals surface area contributed by atoms with Gasteiger partial charge in [-0.05, 0) is 42.0 Å². The van der Waals surface area contributed by atoms with Crippen molar-refractivity contribution in [3.05, 3.63) is 90.5 Å². The van der Waals surface area contributed by atoms with Crippen molar-refractivity contribution in [1.29, 1.82) is 0 Å². The van der Waals surface area contributed by atoms with Crippen molar-refractivity contribution in [3.63, 3.8) is 0 Å². The van der Waals surface area contributed by atoms with Crippen LogP contribution in [0.5, 0.6) is 11.5 Å². The zero-order valence-electron chi connectivity index (χ0n) is 17.8. The molecule has 0 aliphatic carbocycles. The number of nitrogens with one attached hydrogen (secondary N) is 1. The van der Waals surface area contributed by atoms with Crippen LogP contribution >= 0.6 is 0 Å². The SMILES string of the molecule is O[C@@H](COc1ccc(OCc2ccccc2)cc1)C[NH+]1CCN(c2ccccc2)CC1. The van der Waals surface area contributed by atoms with E-state index < -0.39 is 6.10 Å². The molecule has 1 aliphatic rings. The molecule has 3 aromatic carbocycles. The van der Waals surface area contributed by atoms with E-state index in [0.29, 0.717) is 19.8 Å². The summed E-state index contributed by atoms with van der Waals surface area (Å²) in [5.74, 6) is 1.55. The maximum absolute atomic E-state index is 10.4. The summed E-state index contributed by atoms with van der Waals surface area (Å²) in [6, 6.07) is 28.2. The molecule has 5 heteroatoms. The molecule has 162 valence electrons. The van der Waals surface area contributed by atoms with Gasteiger partial charge in [-0.2, -0.15) is 0 Å². The fraction of sp³-hybridized carbons (Fsp3) is 0.308. The van der Waals surface area contributed by atoms with Crippen LogP contribution in [0.15, 0.2) is 84.9 Å². The van der Waals surface area contributed by atoms with Crippen LogP contribution in [0.1, 0.15) is 5.56 Å². The third kappa shape index (κ3) is 6.48. The Hall–Kier alpha value is -3.02. The van der Waals surface area contributed by atoms with Gasteiger partial charge in [0.1, 0.15) is 37.4 Å². The average molecular weight is 420 g/mol. The first kappa shape index (κ1) is 21.2. The van der Waals surface area contributed by atoms with Crippen LogP contribution in [0, 0.1) is 0 Å². The minimum absolute atomic E-state index is 0.302. The van der Waals surface area contributed by atoms with Crippen molar-refractivity contribution in [1.82, 2.24) is 0 Å². The lowest BCUT2D eigenvalue weighted by Gasteiger charge is -2.34. The first-order valence-electron chi connectivity index (χ1n) is 11.0. The predicted molar refractivity (Wildman–Crippen MR) is 123 cm³/mol. The Labute approximate surface area is 184 Å². The summed E-state index contributed by atoms with van der Waals surface area (Å²) in [6.07, 6.45) is -0.479. The van der Waals surface area contributed by atoms with Crippen LogP contribution in [0.2, 0.25) is 0 Å². The number of para-hydroxylation sites is 1. The molecule has 0 spiro atoms. The highest BCUT2D eigenvalue weighted by Crippen LogP contribution is 2.19. The fourth-order valence-corrected chi connectivity index (χ4v) is 3.88. The smallest absolute Gasteiger partial charge is 0.137 e. The van der Waals surface area contributed by atoms with E-state index in [9.17, 15) is 5.11 Å². The summed E-state index contributed by atoms with van der Waals surface area (Å²) in [5, 5.41) is 10.4. The highest BCUT2D eigenvalue weighted by atomic mass is 16.5. The molecular weight excluding hydrogens is 388 g/mol. The lowest BCUT2D eigenvalue weighted by molar-refractivity contribution is -0.903. The zero-order valence-corrected chi connectivity index (χ0v) is 17.8. The molecule has 1 heterocycles. The van der Waals surface area contributed by atoms with E-state index in [0.717, 1.165) is 43.2 Å². The lowest BCUT2D eigenvalue weighted by Crippen LogP contribution is -3.16. The third-order valence-electron chi connectivity index (χ3n) is 5.63. The Balaban J connectivity index is 1.16. The number of anilines is 1. The number of hydrogen-bond acceptors (Lipinski definition) is 4. The van der Waals surface area contributed by atoms with Crippen LogP contribution < -0.4 is 19.3 Å². The number of ether oxygens (including phenoxy) is 2. The molecule has 1 aliphatic heterocycles. The van der Waals surface area contributed by atoms with E-state index in [1.165, 1.54) is 10.6 Å². The van der Waals surface area contributed by atoms with Crippen molar-refractivity contribution in [2.75, 3.05) is 44.2 Å². The summed E-state index contributed by atoms with van der Waals surface area (Å²) in [4.78, 5) is 3.83. The van der Waals surface area contributed by atoms with E-state index in [1.54, 1.807) is 0 Å². The van der Waals surface area contributed by atoms with E-state index in [2.05, 4.69) is 29.2 Å². The second-order valence-corrected chi connectivity index (χ2v) is 7.99. The van der Waals surface area contributed by atoms with Gasteiger partial charge in [0, 0.05) is 5.69 Å². The number of aliphatic hydroxyl groups excluding tert-OH is 1. The molecule has 0 unspecified atom stereocenters. The van der Waals surface area contributed by atoms with Crippen molar-refractivity contribution in [3.8, 4) is 11.5 Å². The van der Waals surface area contributed by atoms with Crippen LogP contribution in [0.3, 0.4) is 0 Å². The van der Waals surface area contributed by atoms with Gasteiger partial charge >= 0.3 is 0 Å². The molecule has 4 rings (SSSR count). The normalized spacial score (nSPS) is 15.5. The minimum Gasteiger partial charge on any atom is -0.491 e. The molecule has 2 N–H and O–H groups in total. The molecule has 3 aromatic rings. The fourth-order valence-electron chi connectivity index (χ4n) is 3.88. The Bertz CT molecular complexity index is 895. The summed E-state index contributed by atoms with van der Waals surface area (Å²) < 4.78 is 11.6. The summed E-state index contributed by atoms with van der Waals surface area (Å²) in [5.41, 5.74) is 2.42. The molecule has 5 nitrogen and oxygen atoms in total. The van der Waals surface area contributed by atoms with Gasteiger partial charge in [0.25, 0.3) is 0 Å². The summed E-state index contributed by atoms with van der Waals surface area (Å²) in [7, 11) is 0. The monoisotopic (exact) mass is 419 g/mol. The molecule has 0 radical (unpaired) electrons. The van der Waals surface area contributed by atoms with Gasteiger partial charge in [-0.3, -0.25) is 0 Å². The van der Waals surface area contributed by atoms with Crippen LogP contribution in [-0.2, 0) is 6.61 Å². The van der Waals surface area contributed by atoms with Crippen molar-refractivity contribution in [2.24, 2.45) is 0 Å². The largest absolute Gasteiger partial charge is 0.491 e. The average Bonchev–Trinajstić information content (AvgIpc) is 2.84. The Morgan fingerprint density at radius 3 is 2.00 bits per heavy atom. The molecule has 31 heavy (non-hydrogen) atoms. The number of rotatable bonds is 9. The molecule has 0 amide bonds. The summed E-state index contributed by atoms with van der Waals surface area (Å²) >= 11 is 0. The maximum atomic E-state index is 10.4. The predicted octanol–water partition coefficient (Wildman–Crippen LogP) is 2.41. The Kier molecular flexibility index (Phi) is 7.42. The molecule has 0 bridgehead atoms. The van der Waals surface area contributed by atoms with E-state index >= 15 is 0 Å². The topological polar surface area (TPSA) is 46.4 Å². The first-order valence-corrected chi connectivity index (χ1v) is 11.0. The zero-order chi connectivity index (χ0) is 21.3. The van der Waals surface area contributed by atoms with Gasteiger partial charge in [0.05, 0.1) is 26.2 Å². The van der Waals surface area contributed by atoms with Crippen molar-refractivity contribution >= 4 is 5.69 Å². The lowest BCUT2D eigenvalue weighted by atomic mass is 10.2. The maximum Gasteiger partial charge on any atom is 0.137 e. The van der Waals surface area contributed by atoms with Crippen molar-refractivity contribution in [2.45, 2.75) is 12.7 Å². The number of nitrogens with zero attached hydrogens (tertiary/aromatic N) is 1. The van der Waals surface area contributed by atoms with Gasteiger partial charge in [-0.15, -0.1) is 0 Å². The van der Waals surface area contributed by atoms with Crippen LogP contribution in [0.4, 0.5) is 5.69 Å². The second-order valence-electron chi connectivity index (χ2n) is 7.99. The van der Waals surface area contributed by atoms with Gasteiger partial charge in [0.2, 0.25) is 0 Å². The van der Waals surface area contributed by atoms with E-state index in [-0.39, 0.29) is 0 Å². The highest BCUT2D eigenvalue weighted by Gasteiger charge is 2.22. The van der Waals surface area contributed by atoms with E-state index in [4.69, 9.17) is 9.47 Å².